The van der Waals surface area contributed by atoms with E-state index in [1.165, 1.54) is 38.5 Å². The summed E-state index contributed by atoms with van der Waals surface area (Å²) >= 11 is 0. The van der Waals surface area contributed by atoms with Crippen LogP contribution in [0.15, 0.2) is 54.6 Å². The molecule has 1 N–H and O–H groups in total. The summed E-state index contributed by atoms with van der Waals surface area (Å²) in [4.78, 5) is 43.0. The van der Waals surface area contributed by atoms with Gasteiger partial charge in [0.15, 0.2) is 5.78 Å². The van der Waals surface area contributed by atoms with Gasteiger partial charge in [-0.2, -0.15) is 0 Å². The number of nitrogens with zero attached hydrogens (tertiary/aromatic N) is 1. The van der Waals surface area contributed by atoms with Crippen LogP contribution in [-0.4, -0.2) is 42.7 Å². The first-order valence-corrected chi connectivity index (χ1v) is 11.9. The van der Waals surface area contributed by atoms with E-state index < -0.39 is 29.4 Å². The third kappa shape index (κ3) is 7.15. The second kappa shape index (κ2) is 11.9. The molecule has 3 aromatic rings. The van der Waals surface area contributed by atoms with Gasteiger partial charge in [-0.25, -0.2) is 19.0 Å². The van der Waals surface area contributed by atoms with Crippen molar-refractivity contribution in [3.63, 3.8) is 0 Å². The van der Waals surface area contributed by atoms with Gasteiger partial charge in [0, 0.05) is 23.7 Å². The number of methoxy groups -OCH3 is 2. The summed E-state index contributed by atoms with van der Waals surface area (Å²) in [5, 5.41) is 2.73. The minimum atomic E-state index is -0.865. The maximum Gasteiger partial charge on any atom is 0.412 e. The Kier molecular flexibility index (Phi) is 8.83. The van der Waals surface area contributed by atoms with E-state index in [2.05, 4.69) is 10.3 Å². The van der Waals surface area contributed by atoms with Gasteiger partial charge in [0.2, 0.25) is 0 Å². The number of rotatable bonds is 8. The highest BCUT2D eigenvalue weighted by Gasteiger charge is 2.28. The van der Waals surface area contributed by atoms with Crippen molar-refractivity contribution >= 4 is 23.5 Å². The third-order valence-corrected chi connectivity index (χ3v) is 5.65. The van der Waals surface area contributed by atoms with Crippen LogP contribution >= 0.6 is 0 Å². The Morgan fingerprint density at radius 2 is 1.76 bits per heavy atom. The Labute approximate surface area is 221 Å². The van der Waals surface area contributed by atoms with Gasteiger partial charge in [0.25, 0.3) is 0 Å². The van der Waals surface area contributed by atoms with E-state index in [1.54, 1.807) is 58.0 Å². The van der Waals surface area contributed by atoms with Crippen molar-refractivity contribution in [2.24, 2.45) is 0 Å². The Balaban J connectivity index is 2.12. The lowest BCUT2D eigenvalue weighted by atomic mass is 9.85. The molecule has 1 atom stereocenters. The topological polar surface area (TPSA) is 104 Å². The van der Waals surface area contributed by atoms with Crippen LogP contribution in [0, 0.1) is 12.7 Å². The second-order valence-electron chi connectivity index (χ2n) is 9.67. The molecule has 0 fully saturated rings. The average Bonchev–Trinajstić information content (AvgIpc) is 2.87. The fourth-order valence-corrected chi connectivity index (χ4v) is 3.85. The van der Waals surface area contributed by atoms with E-state index in [1.807, 2.05) is 0 Å². The van der Waals surface area contributed by atoms with Crippen LogP contribution in [0.3, 0.4) is 0 Å². The monoisotopic (exact) mass is 522 g/mol. The molecule has 0 aliphatic carbocycles. The van der Waals surface area contributed by atoms with Crippen molar-refractivity contribution in [1.82, 2.24) is 4.98 Å². The normalized spacial score (nSPS) is 11.9. The van der Waals surface area contributed by atoms with Crippen molar-refractivity contribution in [2.75, 3.05) is 19.5 Å². The van der Waals surface area contributed by atoms with Gasteiger partial charge in [-0.3, -0.25) is 10.1 Å². The van der Waals surface area contributed by atoms with Crippen molar-refractivity contribution < 1.29 is 33.0 Å². The molecule has 1 heterocycles. The number of ketones is 1. The van der Waals surface area contributed by atoms with Crippen LogP contribution in [0.2, 0.25) is 0 Å². The number of pyridine rings is 1. The number of nitrogens with one attached hydrogen (secondary N) is 1. The molecule has 2 aromatic carbocycles. The van der Waals surface area contributed by atoms with E-state index in [0.717, 1.165) is 0 Å². The predicted molar refractivity (Wildman–Crippen MR) is 140 cm³/mol. The predicted octanol–water partition coefficient (Wildman–Crippen LogP) is 5.88. The fourth-order valence-electron chi connectivity index (χ4n) is 3.85. The van der Waals surface area contributed by atoms with Gasteiger partial charge >= 0.3 is 12.1 Å². The van der Waals surface area contributed by atoms with Crippen LogP contribution in [0.1, 0.15) is 64.4 Å². The first kappa shape index (κ1) is 28.3. The Bertz CT molecular complexity index is 1350. The molecule has 0 saturated heterocycles. The number of benzene rings is 2. The second-order valence-corrected chi connectivity index (χ2v) is 9.67. The number of hydrogen-bond acceptors (Lipinski definition) is 7. The molecule has 1 aromatic heterocycles. The summed E-state index contributed by atoms with van der Waals surface area (Å²) in [5.74, 6) is -1.77. The molecule has 0 radical (unpaired) electrons. The maximum atomic E-state index is 14.0. The summed E-state index contributed by atoms with van der Waals surface area (Å²) in [6, 6.07) is 13.9. The lowest BCUT2D eigenvalue weighted by molar-refractivity contribution is 0.0591. The van der Waals surface area contributed by atoms with Gasteiger partial charge in [-0.15, -0.1) is 0 Å². The number of aromatic nitrogens is 1. The number of halogens is 1. The molecule has 38 heavy (non-hydrogen) atoms. The zero-order valence-electron chi connectivity index (χ0n) is 22.3. The van der Waals surface area contributed by atoms with Gasteiger partial charge in [-0.1, -0.05) is 12.1 Å². The lowest BCUT2D eigenvalue weighted by Gasteiger charge is -2.23. The number of carbonyl (C=O) groups is 3. The van der Waals surface area contributed by atoms with Crippen LogP contribution in [0.4, 0.5) is 14.9 Å². The van der Waals surface area contributed by atoms with E-state index in [-0.39, 0.29) is 23.5 Å². The highest BCUT2D eigenvalue weighted by molar-refractivity contribution is 6.02. The summed E-state index contributed by atoms with van der Waals surface area (Å²) in [7, 11) is 2.74. The molecule has 200 valence electrons. The van der Waals surface area contributed by atoms with E-state index in [4.69, 9.17) is 14.2 Å². The Hall–Kier alpha value is -4.27. The average molecular weight is 523 g/mol. The zero-order chi connectivity index (χ0) is 28.0. The van der Waals surface area contributed by atoms with Crippen LogP contribution in [0.25, 0.3) is 0 Å². The van der Waals surface area contributed by atoms with Gasteiger partial charge in [-0.05, 0) is 75.2 Å². The van der Waals surface area contributed by atoms with Crippen LogP contribution < -0.4 is 10.1 Å². The number of esters is 1. The fraction of sp³-hybridized carbons (Fsp3) is 0.310. The number of hydrogen-bond donors (Lipinski definition) is 1. The Morgan fingerprint density at radius 3 is 2.39 bits per heavy atom. The number of anilines is 1. The summed E-state index contributed by atoms with van der Waals surface area (Å²) in [5.41, 5.74) is 1.18. The molecule has 3 rings (SSSR count). The van der Waals surface area contributed by atoms with Gasteiger partial charge in [0.05, 0.1) is 25.8 Å². The van der Waals surface area contributed by atoms with Crippen molar-refractivity contribution in [1.29, 1.82) is 0 Å². The Morgan fingerprint density at radius 1 is 1.03 bits per heavy atom. The number of Topliss-reactive ketones (excluding diaryl/α,β-unsaturated/α-hetero) is 1. The summed E-state index contributed by atoms with van der Waals surface area (Å²) in [6.45, 7) is 6.79. The van der Waals surface area contributed by atoms with Crippen LogP contribution in [-0.2, 0) is 15.9 Å². The minimum absolute atomic E-state index is 0.0788. The quantitative estimate of drug-likeness (QED) is 0.291. The van der Waals surface area contributed by atoms with E-state index in [9.17, 15) is 18.8 Å². The first-order valence-electron chi connectivity index (χ1n) is 11.9. The molecular weight excluding hydrogens is 491 g/mol. The van der Waals surface area contributed by atoms with Gasteiger partial charge < -0.3 is 14.2 Å². The number of amides is 1. The SMILES string of the molecule is COC(=O)c1cccc(CC(C(=O)c2ccc(F)c(C)c2)c2ccc(OC)cc2NC(=O)OC(C)(C)C)n1. The molecule has 1 amide bonds. The van der Waals surface area contributed by atoms with Gasteiger partial charge in [0.1, 0.15) is 22.9 Å². The largest absolute Gasteiger partial charge is 0.497 e. The molecule has 0 bridgehead atoms. The van der Waals surface area contributed by atoms with E-state index >= 15 is 0 Å². The number of carbonyl (C=O) groups excluding carboxylic acids is 3. The molecule has 8 nitrogen and oxygen atoms in total. The van der Waals surface area contributed by atoms with Crippen molar-refractivity contribution in [3.05, 3.63) is 88.5 Å². The third-order valence-electron chi connectivity index (χ3n) is 5.65. The molecule has 9 heteroatoms. The van der Waals surface area contributed by atoms with Crippen molar-refractivity contribution in [2.45, 2.75) is 45.6 Å². The molecule has 0 aliphatic heterocycles. The number of aryl methyl sites for hydroxylation is 1. The summed E-state index contributed by atoms with van der Waals surface area (Å²) < 4.78 is 29.5. The lowest BCUT2D eigenvalue weighted by Crippen LogP contribution is -2.28. The zero-order valence-corrected chi connectivity index (χ0v) is 22.3. The highest BCUT2D eigenvalue weighted by Crippen LogP contribution is 2.34. The van der Waals surface area contributed by atoms with Crippen LogP contribution in [0.5, 0.6) is 5.75 Å². The molecule has 0 aliphatic rings. The number of ether oxygens (including phenoxy) is 3. The standard InChI is InChI=1S/C29H31FN2O6/c1-17-14-18(10-13-23(17)30)26(33)22(15-19-8-7-9-24(31-19)27(34)37-6)21-12-11-20(36-5)16-25(21)32-28(35)38-29(2,3)4/h7-14,16,22H,15H2,1-6H3,(H,32,35). The van der Waals surface area contributed by atoms with E-state index in [0.29, 0.717) is 28.3 Å². The molecular formula is C29H31FN2O6. The molecule has 1 unspecified atom stereocenters. The molecule has 0 spiro atoms. The maximum absolute atomic E-state index is 14.0. The summed E-state index contributed by atoms with van der Waals surface area (Å²) in [6.07, 6.45) is -0.628. The minimum Gasteiger partial charge on any atom is -0.497 e. The highest BCUT2D eigenvalue weighted by atomic mass is 19.1. The van der Waals surface area contributed by atoms with Crippen molar-refractivity contribution in [3.8, 4) is 5.75 Å². The molecule has 0 saturated carbocycles. The first-order chi connectivity index (χ1) is 17.9. The smallest absolute Gasteiger partial charge is 0.412 e.